The van der Waals surface area contributed by atoms with Crippen molar-refractivity contribution < 1.29 is 14.8 Å². The highest BCUT2D eigenvalue weighted by Gasteiger charge is 2.10. The molecule has 2 amide bonds. The Hall–Kier alpha value is -2.18. The molecule has 3 N–H and O–H groups in total. The lowest BCUT2D eigenvalue weighted by molar-refractivity contribution is 0.0711. The van der Waals surface area contributed by atoms with E-state index >= 15 is 0 Å². The van der Waals surface area contributed by atoms with Crippen LogP contribution in [-0.2, 0) is 0 Å². The summed E-state index contributed by atoms with van der Waals surface area (Å²) in [6.07, 6.45) is 0. The molecule has 1 heterocycles. The minimum absolute atomic E-state index is 0.242. The number of nitrogens with one attached hydrogen (secondary N) is 2. The zero-order valence-corrected chi connectivity index (χ0v) is 10.0. The molecule has 5 nitrogen and oxygen atoms in total. The Morgan fingerprint density at radius 2 is 1.72 bits per heavy atom. The van der Waals surface area contributed by atoms with Gasteiger partial charge in [-0.3, -0.25) is 14.8 Å². The third-order valence-electron chi connectivity index (χ3n) is 2.20. The predicted octanol–water partition coefficient (Wildman–Crippen LogP) is 2.12. The van der Waals surface area contributed by atoms with Crippen LogP contribution in [0.4, 0.5) is 5.00 Å². The van der Waals surface area contributed by atoms with Crippen LogP contribution in [0.2, 0.25) is 0 Å². The van der Waals surface area contributed by atoms with Gasteiger partial charge in [0.25, 0.3) is 11.8 Å². The van der Waals surface area contributed by atoms with Crippen LogP contribution in [0.25, 0.3) is 0 Å². The molecule has 0 saturated carbocycles. The van der Waals surface area contributed by atoms with Gasteiger partial charge >= 0.3 is 0 Å². The van der Waals surface area contributed by atoms with Crippen molar-refractivity contribution in [2.45, 2.75) is 0 Å². The first-order chi connectivity index (χ1) is 8.70. The van der Waals surface area contributed by atoms with Crippen LogP contribution in [-0.4, -0.2) is 17.0 Å². The van der Waals surface area contributed by atoms with Crippen LogP contribution in [0.15, 0.2) is 42.5 Å². The summed E-state index contributed by atoms with van der Waals surface area (Å²) in [7, 11) is 0. The van der Waals surface area contributed by atoms with Crippen LogP contribution in [0.5, 0.6) is 0 Å². The second kappa shape index (κ2) is 5.44. The highest BCUT2D eigenvalue weighted by Crippen LogP contribution is 2.22. The molecule has 92 valence electrons. The van der Waals surface area contributed by atoms with E-state index in [-0.39, 0.29) is 5.91 Å². The molecule has 2 aromatic rings. The van der Waals surface area contributed by atoms with Crippen molar-refractivity contribution in [3.63, 3.8) is 0 Å². The van der Waals surface area contributed by atoms with Gasteiger partial charge in [-0.1, -0.05) is 18.2 Å². The third-order valence-corrected chi connectivity index (χ3v) is 3.20. The van der Waals surface area contributed by atoms with E-state index < -0.39 is 5.91 Å². The summed E-state index contributed by atoms with van der Waals surface area (Å²) in [6.45, 7) is 0. The summed E-state index contributed by atoms with van der Waals surface area (Å²) in [5.41, 5.74) is 2.08. The lowest BCUT2D eigenvalue weighted by Crippen LogP contribution is -2.16. The standard InChI is InChI=1S/C12H10N2O3S/c15-11(8-4-2-1-3-5-8)13-10-7-6-9(18-10)12(16)14-17/h1-7,17H,(H,13,15)(H,14,16). The molecule has 0 unspecified atom stereocenters. The van der Waals surface area contributed by atoms with Gasteiger partial charge in [0.2, 0.25) is 0 Å². The molecule has 0 bridgehead atoms. The summed E-state index contributed by atoms with van der Waals surface area (Å²) >= 11 is 1.08. The van der Waals surface area contributed by atoms with Crippen molar-refractivity contribution in [3.05, 3.63) is 52.9 Å². The topological polar surface area (TPSA) is 78.4 Å². The van der Waals surface area contributed by atoms with Gasteiger partial charge in [-0.05, 0) is 24.3 Å². The Kier molecular flexibility index (Phi) is 3.71. The zero-order valence-electron chi connectivity index (χ0n) is 9.21. The fourth-order valence-electron chi connectivity index (χ4n) is 1.36. The van der Waals surface area contributed by atoms with Crippen molar-refractivity contribution in [3.8, 4) is 0 Å². The van der Waals surface area contributed by atoms with E-state index in [1.165, 1.54) is 11.5 Å². The molecule has 18 heavy (non-hydrogen) atoms. The lowest BCUT2D eigenvalue weighted by atomic mass is 10.2. The number of thiophene rings is 1. The SMILES string of the molecule is O=C(Nc1ccc(C(=O)NO)s1)c1ccccc1. The predicted molar refractivity (Wildman–Crippen MR) is 68.0 cm³/mol. The second-order valence-corrected chi connectivity index (χ2v) is 4.51. The normalized spacial score (nSPS) is 9.83. The van der Waals surface area contributed by atoms with Crippen LogP contribution >= 0.6 is 11.3 Å². The quantitative estimate of drug-likeness (QED) is 0.585. The van der Waals surface area contributed by atoms with E-state index in [1.807, 2.05) is 6.07 Å². The van der Waals surface area contributed by atoms with E-state index in [9.17, 15) is 9.59 Å². The maximum atomic E-state index is 11.8. The van der Waals surface area contributed by atoms with Gasteiger partial charge in [-0.15, -0.1) is 11.3 Å². The highest BCUT2D eigenvalue weighted by atomic mass is 32.1. The summed E-state index contributed by atoms with van der Waals surface area (Å²) < 4.78 is 0. The maximum absolute atomic E-state index is 11.8. The van der Waals surface area contributed by atoms with Gasteiger partial charge < -0.3 is 5.32 Å². The van der Waals surface area contributed by atoms with Crippen LogP contribution in [0.3, 0.4) is 0 Å². The average Bonchev–Trinajstić information content (AvgIpc) is 2.87. The Morgan fingerprint density at radius 1 is 1.00 bits per heavy atom. The minimum Gasteiger partial charge on any atom is -0.314 e. The first-order valence-electron chi connectivity index (χ1n) is 5.11. The number of anilines is 1. The van der Waals surface area contributed by atoms with Crippen molar-refractivity contribution in [1.29, 1.82) is 0 Å². The molecular weight excluding hydrogens is 252 g/mol. The van der Waals surface area contributed by atoms with Gasteiger partial charge in [0, 0.05) is 5.56 Å². The number of carbonyl (C=O) groups excluding carboxylic acids is 2. The van der Waals surface area contributed by atoms with Crippen LogP contribution in [0.1, 0.15) is 20.0 Å². The number of rotatable bonds is 3. The molecule has 0 fully saturated rings. The van der Waals surface area contributed by atoms with Crippen LogP contribution < -0.4 is 10.8 Å². The highest BCUT2D eigenvalue weighted by molar-refractivity contribution is 7.18. The maximum Gasteiger partial charge on any atom is 0.284 e. The van der Waals surface area contributed by atoms with Crippen molar-refractivity contribution in [1.82, 2.24) is 5.48 Å². The Bertz CT molecular complexity index is 566. The Labute approximate surface area is 107 Å². The molecule has 0 radical (unpaired) electrons. The number of amides is 2. The molecule has 0 atom stereocenters. The number of carbonyl (C=O) groups is 2. The van der Waals surface area contributed by atoms with Gasteiger partial charge in [-0.25, -0.2) is 5.48 Å². The molecule has 1 aromatic heterocycles. The molecule has 0 aliphatic rings. The molecule has 0 aliphatic heterocycles. The fraction of sp³-hybridized carbons (Fsp3) is 0. The van der Waals surface area contributed by atoms with E-state index in [1.54, 1.807) is 30.3 Å². The van der Waals surface area contributed by atoms with E-state index in [4.69, 9.17) is 5.21 Å². The number of hydrogen-bond donors (Lipinski definition) is 3. The van der Waals surface area contributed by atoms with Gasteiger partial charge in [-0.2, -0.15) is 0 Å². The van der Waals surface area contributed by atoms with E-state index in [0.717, 1.165) is 11.3 Å². The minimum atomic E-state index is -0.597. The van der Waals surface area contributed by atoms with E-state index in [2.05, 4.69) is 5.32 Å². The third kappa shape index (κ3) is 2.73. The monoisotopic (exact) mass is 262 g/mol. The largest absolute Gasteiger partial charge is 0.314 e. The molecule has 1 aromatic carbocycles. The van der Waals surface area contributed by atoms with Crippen molar-refractivity contribution in [2.75, 3.05) is 5.32 Å². The molecule has 0 saturated heterocycles. The zero-order chi connectivity index (χ0) is 13.0. The van der Waals surface area contributed by atoms with E-state index in [0.29, 0.717) is 15.4 Å². The number of hydroxylamine groups is 1. The number of hydrogen-bond acceptors (Lipinski definition) is 4. The Morgan fingerprint density at radius 3 is 2.39 bits per heavy atom. The second-order valence-electron chi connectivity index (χ2n) is 3.42. The van der Waals surface area contributed by atoms with Gasteiger partial charge in [0.05, 0.1) is 9.88 Å². The first kappa shape index (κ1) is 12.3. The molecule has 0 aliphatic carbocycles. The molecule has 6 heteroatoms. The number of benzene rings is 1. The fourth-order valence-corrected chi connectivity index (χ4v) is 2.15. The molecule has 0 spiro atoms. The summed E-state index contributed by atoms with van der Waals surface area (Å²) in [5.74, 6) is -0.839. The van der Waals surface area contributed by atoms with Crippen molar-refractivity contribution >= 4 is 28.2 Å². The van der Waals surface area contributed by atoms with Gasteiger partial charge in [0.15, 0.2) is 0 Å². The average molecular weight is 262 g/mol. The first-order valence-corrected chi connectivity index (χ1v) is 5.93. The smallest absolute Gasteiger partial charge is 0.284 e. The molecular formula is C12H10N2O3S. The Balaban J connectivity index is 2.08. The van der Waals surface area contributed by atoms with Gasteiger partial charge in [0.1, 0.15) is 0 Å². The summed E-state index contributed by atoms with van der Waals surface area (Å²) in [6, 6.07) is 11.9. The lowest BCUT2D eigenvalue weighted by Gasteiger charge is -2.01. The molecule has 2 rings (SSSR count). The van der Waals surface area contributed by atoms with Crippen LogP contribution in [0, 0.1) is 0 Å². The summed E-state index contributed by atoms with van der Waals surface area (Å²) in [5, 5.41) is 11.7. The summed E-state index contributed by atoms with van der Waals surface area (Å²) in [4.78, 5) is 23.2. The van der Waals surface area contributed by atoms with Crippen molar-refractivity contribution in [2.24, 2.45) is 0 Å².